The zero-order chi connectivity index (χ0) is 13.1. The second-order valence-electron chi connectivity index (χ2n) is 3.70. The lowest BCUT2D eigenvalue weighted by Gasteiger charge is -2.08. The van der Waals surface area contributed by atoms with Crippen molar-refractivity contribution < 1.29 is 13.2 Å². The van der Waals surface area contributed by atoms with E-state index in [-0.39, 0.29) is 12.1 Å². The number of benzene rings is 2. The third-order valence-corrected chi connectivity index (χ3v) is 3.08. The van der Waals surface area contributed by atoms with Gasteiger partial charge in [-0.3, -0.25) is 0 Å². The zero-order valence-electron chi connectivity index (χ0n) is 9.18. The maximum absolute atomic E-state index is 13.4. The van der Waals surface area contributed by atoms with E-state index >= 15 is 0 Å². The number of hydrogen-bond donors (Lipinski definition) is 1. The van der Waals surface area contributed by atoms with Crippen LogP contribution in [0.25, 0.3) is 0 Å². The molecule has 0 unspecified atom stereocenters. The first-order chi connectivity index (χ1) is 8.58. The summed E-state index contributed by atoms with van der Waals surface area (Å²) in [4.78, 5) is 0. The van der Waals surface area contributed by atoms with E-state index < -0.39 is 17.5 Å². The highest BCUT2D eigenvalue weighted by Gasteiger charge is 2.07. The first kappa shape index (κ1) is 13.0. The maximum atomic E-state index is 13.4. The Labute approximate surface area is 111 Å². The van der Waals surface area contributed by atoms with Crippen LogP contribution in [0.5, 0.6) is 0 Å². The van der Waals surface area contributed by atoms with E-state index in [1.807, 2.05) is 0 Å². The van der Waals surface area contributed by atoms with Crippen molar-refractivity contribution in [2.75, 3.05) is 5.32 Å². The fourth-order valence-corrected chi connectivity index (χ4v) is 1.73. The molecule has 0 fully saturated rings. The minimum atomic E-state index is -0.892. The first-order valence-electron chi connectivity index (χ1n) is 5.20. The lowest BCUT2D eigenvalue weighted by Crippen LogP contribution is -2.03. The van der Waals surface area contributed by atoms with E-state index in [1.165, 1.54) is 18.2 Å². The summed E-state index contributed by atoms with van der Waals surface area (Å²) in [6.45, 7) is 0.0880. The van der Waals surface area contributed by atoms with Crippen LogP contribution in [-0.4, -0.2) is 0 Å². The Balaban J connectivity index is 2.11. The number of anilines is 1. The molecule has 0 aliphatic heterocycles. The highest BCUT2D eigenvalue weighted by molar-refractivity contribution is 9.10. The molecule has 5 heteroatoms. The predicted octanol–water partition coefficient (Wildman–Crippen LogP) is 4.48. The lowest BCUT2D eigenvalue weighted by molar-refractivity contribution is 0.500. The number of rotatable bonds is 3. The van der Waals surface area contributed by atoms with Gasteiger partial charge in [0.25, 0.3) is 0 Å². The lowest BCUT2D eigenvalue weighted by atomic mass is 10.2. The van der Waals surface area contributed by atoms with Gasteiger partial charge >= 0.3 is 0 Å². The van der Waals surface area contributed by atoms with Crippen LogP contribution >= 0.6 is 15.9 Å². The number of halogens is 4. The summed E-state index contributed by atoms with van der Waals surface area (Å²) in [7, 11) is 0. The van der Waals surface area contributed by atoms with Gasteiger partial charge in [0.05, 0.1) is 4.47 Å². The highest BCUT2D eigenvalue weighted by Crippen LogP contribution is 2.20. The average molecular weight is 316 g/mol. The summed E-state index contributed by atoms with van der Waals surface area (Å²) < 4.78 is 39.9. The van der Waals surface area contributed by atoms with Crippen molar-refractivity contribution in [3.63, 3.8) is 0 Å². The molecular weight excluding hydrogens is 307 g/mol. The van der Waals surface area contributed by atoms with E-state index in [9.17, 15) is 13.2 Å². The van der Waals surface area contributed by atoms with Crippen molar-refractivity contribution in [3.8, 4) is 0 Å². The molecule has 0 atom stereocenters. The van der Waals surface area contributed by atoms with Crippen molar-refractivity contribution in [3.05, 3.63) is 63.9 Å². The van der Waals surface area contributed by atoms with Gasteiger partial charge in [-0.25, -0.2) is 13.2 Å². The van der Waals surface area contributed by atoms with Gasteiger partial charge in [-0.2, -0.15) is 0 Å². The Kier molecular flexibility index (Phi) is 3.91. The van der Waals surface area contributed by atoms with Crippen LogP contribution in [0.1, 0.15) is 5.56 Å². The van der Waals surface area contributed by atoms with Gasteiger partial charge in [0.1, 0.15) is 5.82 Å². The summed E-state index contributed by atoms with van der Waals surface area (Å²) >= 11 is 3.03. The van der Waals surface area contributed by atoms with E-state index in [1.54, 1.807) is 12.1 Å². The second kappa shape index (κ2) is 5.44. The molecule has 0 saturated carbocycles. The highest BCUT2D eigenvalue weighted by atomic mass is 79.9. The molecule has 0 amide bonds. The smallest absolute Gasteiger partial charge is 0.163 e. The van der Waals surface area contributed by atoms with Crippen molar-refractivity contribution in [2.24, 2.45) is 0 Å². The van der Waals surface area contributed by atoms with E-state index in [0.717, 1.165) is 6.07 Å². The molecule has 94 valence electrons. The summed E-state index contributed by atoms with van der Waals surface area (Å²) in [6.07, 6.45) is 0. The fraction of sp³-hybridized carbons (Fsp3) is 0.0769. The van der Waals surface area contributed by atoms with Gasteiger partial charge in [-0.1, -0.05) is 12.1 Å². The Morgan fingerprint density at radius 3 is 2.50 bits per heavy atom. The molecule has 0 bridgehead atoms. The molecule has 1 N–H and O–H groups in total. The fourth-order valence-electron chi connectivity index (χ4n) is 1.49. The van der Waals surface area contributed by atoms with Gasteiger partial charge in [0.15, 0.2) is 11.6 Å². The van der Waals surface area contributed by atoms with Crippen LogP contribution in [0.15, 0.2) is 40.9 Å². The molecule has 0 radical (unpaired) electrons. The Hall–Kier alpha value is -1.49. The Morgan fingerprint density at radius 1 is 1.00 bits per heavy atom. The summed E-state index contributed by atoms with van der Waals surface area (Å²) in [6, 6.07) is 8.42. The van der Waals surface area contributed by atoms with Gasteiger partial charge < -0.3 is 5.32 Å². The maximum Gasteiger partial charge on any atom is 0.163 e. The van der Waals surface area contributed by atoms with Crippen LogP contribution in [-0.2, 0) is 6.54 Å². The first-order valence-corrected chi connectivity index (χ1v) is 5.99. The topological polar surface area (TPSA) is 12.0 Å². The molecule has 1 nitrogen and oxygen atoms in total. The quantitative estimate of drug-likeness (QED) is 0.880. The van der Waals surface area contributed by atoms with Gasteiger partial charge in [0.2, 0.25) is 0 Å². The molecular formula is C13H9BrF3N. The van der Waals surface area contributed by atoms with E-state index in [0.29, 0.717) is 10.2 Å². The third kappa shape index (κ3) is 2.85. The monoisotopic (exact) mass is 315 g/mol. The molecule has 0 aromatic heterocycles. The van der Waals surface area contributed by atoms with E-state index in [4.69, 9.17) is 0 Å². The Bertz CT molecular complexity index is 572. The Morgan fingerprint density at radius 2 is 1.78 bits per heavy atom. The number of nitrogens with one attached hydrogen (secondary N) is 1. The van der Waals surface area contributed by atoms with Crippen LogP contribution in [0, 0.1) is 17.5 Å². The molecule has 2 rings (SSSR count). The van der Waals surface area contributed by atoms with Crippen molar-refractivity contribution in [2.45, 2.75) is 6.54 Å². The van der Waals surface area contributed by atoms with Crippen LogP contribution in [0.2, 0.25) is 0 Å². The van der Waals surface area contributed by atoms with E-state index in [2.05, 4.69) is 21.2 Å². The van der Waals surface area contributed by atoms with Gasteiger partial charge in [-0.05, 0) is 40.2 Å². The predicted molar refractivity (Wildman–Crippen MR) is 67.8 cm³/mol. The summed E-state index contributed by atoms with van der Waals surface area (Å²) in [5.41, 5.74) is 0.692. The standard InChI is InChI=1S/C13H9BrF3N/c14-10-5-4-9(6-12(10)16)18-7-8-2-1-3-11(15)13(8)17/h1-6,18H,7H2. The molecule has 0 heterocycles. The van der Waals surface area contributed by atoms with Crippen LogP contribution in [0.3, 0.4) is 0 Å². The van der Waals surface area contributed by atoms with Crippen LogP contribution in [0.4, 0.5) is 18.9 Å². The van der Waals surface area contributed by atoms with Gasteiger partial charge in [0, 0.05) is 17.8 Å². The number of hydrogen-bond acceptors (Lipinski definition) is 1. The molecule has 0 spiro atoms. The SMILES string of the molecule is Fc1cc(NCc2cccc(F)c2F)ccc1Br. The third-order valence-electron chi connectivity index (χ3n) is 2.43. The molecule has 0 aliphatic rings. The molecule has 0 saturated heterocycles. The zero-order valence-corrected chi connectivity index (χ0v) is 10.8. The van der Waals surface area contributed by atoms with Crippen molar-refractivity contribution >= 4 is 21.6 Å². The van der Waals surface area contributed by atoms with Crippen LogP contribution < -0.4 is 5.32 Å². The minimum Gasteiger partial charge on any atom is -0.381 e. The van der Waals surface area contributed by atoms with Crippen molar-refractivity contribution in [1.29, 1.82) is 0 Å². The summed E-state index contributed by atoms with van der Waals surface area (Å²) in [5, 5.41) is 2.83. The second-order valence-corrected chi connectivity index (χ2v) is 4.55. The average Bonchev–Trinajstić information content (AvgIpc) is 2.35. The minimum absolute atomic E-state index is 0.0880. The van der Waals surface area contributed by atoms with Gasteiger partial charge in [-0.15, -0.1) is 0 Å². The molecule has 18 heavy (non-hydrogen) atoms. The normalized spacial score (nSPS) is 10.4. The molecule has 0 aliphatic carbocycles. The van der Waals surface area contributed by atoms with Crippen molar-refractivity contribution in [1.82, 2.24) is 0 Å². The molecule has 2 aromatic rings. The largest absolute Gasteiger partial charge is 0.381 e. The molecule has 2 aromatic carbocycles. The summed E-state index contributed by atoms with van der Waals surface area (Å²) in [5.74, 6) is -2.20.